The molecule has 1 aliphatic rings. The minimum absolute atomic E-state index is 0.165. The maximum absolute atomic E-state index is 9.53. The first-order valence-electron chi connectivity index (χ1n) is 7.09. The van der Waals surface area contributed by atoms with Gasteiger partial charge in [-0.15, -0.1) is 0 Å². The van der Waals surface area contributed by atoms with Crippen LogP contribution in [0, 0.1) is 0 Å². The Hall–Kier alpha value is -1.92. The van der Waals surface area contributed by atoms with Gasteiger partial charge in [-0.2, -0.15) is 4.98 Å². The second-order valence-electron chi connectivity index (χ2n) is 5.01. The van der Waals surface area contributed by atoms with E-state index in [2.05, 4.69) is 10.1 Å². The zero-order chi connectivity index (χ0) is 14.7. The predicted molar refractivity (Wildman–Crippen MR) is 74.8 cm³/mol. The standard InChI is InChI=1S/C15H18N2O4/c1-2-20-15(6-8-19-9-7-15)14-16-13(21-17-14)11-4-3-5-12(18)10-11/h3-5,10,18H,2,6-9H2,1H3. The molecule has 1 aliphatic heterocycles. The minimum Gasteiger partial charge on any atom is -0.508 e. The molecule has 0 amide bonds. The van der Waals surface area contributed by atoms with Crippen molar-refractivity contribution in [3.63, 3.8) is 0 Å². The van der Waals surface area contributed by atoms with Gasteiger partial charge in [-0.1, -0.05) is 11.2 Å². The van der Waals surface area contributed by atoms with E-state index in [9.17, 15) is 5.11 Å². The summed E-state index contributed by atoms with van der Waals surface area (Å²) in [6.45, 7) is 3.77. The van der Waals surface area contributed by atoms with Crippen molar-refractivity contribution in [1.82, 2.24) is 10.1 Å². The Morgan fingerprint density at radius 3 is 2.86 bits per heavy atom. The molecule has 0 bridgehead atoms. The molecule has 1 aromatic carbocycles. The number of benzene rings is 1. The summed E-state index contributed by atoms with van der Waals surface area (Å²) < 4.78 is 16.7. The van der Waals surface area contributed by atoms with E-state index in [1.54, 1.807) is 18.2 Å². The summed E-state index contributed by atoms with van der Waals surface area (Å²) in [5.74, 6) is 1.09. The largest absolute Gasteiger partial charge is 0.508 e. The zero-order valence-electron chi connectivity index (χ0n) is 11.9. The van der Waals surface area contributed by atoms with Crippen LogP contribution >= 0.6 is 0 Å². The fraction of sp³-hybridized carbons (Fsp3) is 0.467. The molecule has 1 N–H and O–H groups in total. The van der Waals surface area contributed by atoms with Gasteiger partial charge in [-0.25, -0.2) is 0 Å². The molecule has 2 heterocycles. The van der Waals surface area contributed by atoms with Crippen LogP contribution in [0.2, 0.25) is 0 Å². The molecule has 0 saturated carbocycles. The summed E-state index contributed by atoms with van der Waals surface area (Å²) in [5, 5.41) is 13.6. The van der Waals surface area contributed by atoms with Crippen molar-refractivity contribution >= 4 is 0 Å². The molecule has 3 rings (SSSR count). The molecule has 1 saturated heterocycles. The number of rotatable bonds is 4. The van der Waals surface area contributed by atoms with Gasteiger partial charge < -0.3 is 19.1 Å². The van der Waals surface area contributed by atoms with Crippen molar-refractivity contribution in [3.8, 4) is 17.2 Å². The SMILES string of the molecule is CCOC1(c2noc(-c3cccc(O)c3)n2)CCOCC1. The Bertz CT molecular complexity index is 600. The Labute approximate surface area is 122 Å². The molecule has 6 nitrogen and oxygen atoms in total. The maximum Gasteiger partial charge on any atom is 0.258 e. The summed E-state index contributed by atoms with van der Waals surface area (Å²) in [7, 11) is 0. The van der Waals surface area contributed by atoms with Crippen molar-refractivity contribution in [2.75, 3.05) is 19.8 Å². The maximum atomic E-state index is 9.53. The Morgan fingerprint density at radius 1 is 1.33 bits per heavy atom. The van der Waals surface area contributed by atoms with Gasteiger partial charge in [0.1, 0.15) is 11.4 Å². The number of aromatic hydroxyl groups is 1. The zero-order valence-corrected chi connectivity index (χ0v) is 11.9. The summed E-state index contributed by atoms with van der Waals surface area (Å²) in [5.41, 5.74) is 0.151. The third-order valence-electron chi connectivity index (χ3n) is 3.65. The highest BCUT2D eigenvalue weighted by Crippen LogP contribution is 2.35. The van der Waals surface area contributed by atoms with E-state index >= 15 is 0 Å². The number of phenolic OH excluding ortho intramolecular Hbond substituents is 1. The van der Waals surface area contributed by atoms with Crippen LogP contribution in [0.1, 0.15) is 25.6 Å². The molecule has 2 aromatic rings. The third-order valence-corrected chi connectivity index (χ3v) is 3.65. The van der Waals surface area contributed by atoms with E-state index in [1.807, 2.05) is 13.0 Å². The Morgan fingerprint density at radius 2 is 2.14 bits per heavy atom. The van der Waals surface area contributed by atoms with Gasteiger partial charge in [0, 0.05) is 38.2 Å². The minimum atomic E-state index is -0.536. The molecule has 1 fully saturated rings. The number of hydrogen-bond acceptors (Lipinski definition) is 6. The molecule has 0 aliphatic carbocycles. The number of nitrogens with zero attached hydrogens (tertiary/aromatic N) is 2. The first kappa shape index (κ1) is 14.0. The summed E-state index contributed by atoms with van der Waals surface area (Å²) in [6, 6.07) is 6.74. The van der Waals surface area contributed by atoms with Crippen LogP contribution in [0.25, 0.3) is 11.5 Å². The van der Waals surface area contributed by atoms with Crippen LogP contribution in [-0.4, -0.2) is 35.1 Å². The van der Waals surface area contributed by atoms with Crippen molar-refractivity contribution in [2.24, 2.45) is 0 Å². The van der Waals surface area contributed by atoms with E-state index in [-0.39, 0.29) is 5.75 Å². The first-order valence-corrected chi connectivity index (χ1v) is 7.09. The van der Waals surface area contributed by atoms with Crippen LogP contribution in [0.15, 0.2) is 28.8 Å². The molecular weight excluding hydrogens is 272 g/mol. The van der Waals surface area contributed by atoms with Crippen LogP contribution < -0.4 is 0 Å². The molecule has 6 heteroatoms. The van der Waals surface area contributed by atoms with Crippen molar-refractivity contribution in [3.05, 3.63) is 30.1 Å². The van der Waals surface area contributed by atoms with Gasteiger partial charge in [-0.05, 0) is 25.1 Å². The number of phenols is 1. The lowest BCUT2D eigenvalue weighted by Crippen LogP contribution is -2.37. The van der Waals surface area contributed by atoms with Crippen molar-refractivity contribution < 1.29 is 19.1 Å². The van der Waals surface area contributed by atoms with Crippen LogP contribution in [-0.2, 0) is 15.1 Å². The first-order chi connectivity index (χ1) is 10.2. The van der Waals surface area contributed by atoms with E-state index < -0.39 is 5.60 Å². The van der Waals surface area contributed by atoms with Gasteiger partial charge in [0.2, 0.25) is 5.82 Å². The lowest BCUT2D eigenvalue weighted by Gasteiger charge is -2.33. The molecule has 0 spiro atoms. The van der Waals surface area contributed by atoms with Crippen LogP contribution in [0.5, 0.6) is 5.75 Å². The highest BCUT2D eigenvalue weighted by Gasteiger charge is 2.39. The highest BCUT2D eigenvalue weighted by molar-refractivity contribution is 5.55. The monoisotopic (exact) mass is 290 g/mol. The van der Waals surface area contributed by atoms with Gasteiger partial charge >= 0.3 is 0 Å². The van der Waals surface area contributed by atoms with Gasteiger partial charge in [0.05, 0.1) is 0 Å². The average molecular weight is 290 g/mol. The molecule has 0 atom stereocenters. The van der Waals surface area contributed by atoms with E-state index in [0.29, 0.717) is 49.9 Å². The highest BCUT2D eigenvalue weighted by atomic mass is 16.5. The van der Waals surface area contributed by atoms with Crippen LogP contribution in [0.4, 0.5) is 0 Å². The van der Waals surface area contributed by atoms with Gasteiger partial charge in [0.25, 0.3) is 5.89 Å². The third kappa shape index (κ3) is 2.77. The van der Waals surface area contributed by atoms with Crippen molar-refractivity contribution in [1.29, 1.82) is 0 Å². The smallest absolute Gasteiger partial charge is 0.258 e. The average Bonchev–Trinajstić information content (AvgIpc) is 2.99. The topological polar surface area (TPSA) is 77.6 Å². The fourth-order valence-corrected chi connectivity index (χ4v) is 2.57. The lowest BCUT2D eigenvalue weighted by molar-refractivity contribution is -0.118. The fourth-order valence-electron chi connectivity index (χ4n) is 2.57. The molecule has 1 aromatic heterocycles. The summed E-state index contributed by atoms with van der Waals surface area (Å²) >= 11 is 0. The Balaban J connectivity index is 1.92. The van der Waals surface area contributed by atoms with E-state index in [1.165, 1.54) is 0 Å². The Kier molecular flexibility index (Phi) is 3.90. The normalized spacial score (nSPS) is 17.8. The second kappa shape index (κ2) is 5.83. The summed E-state index contributed by atoms with van der Waals surface area (Å²) in [6.07, 6.45) is 1.42. The number of hydrogen-bond donors (Lipinski definition) is 1. The molecule has 0 radical (unpaired) electrons. The predicted octanol–water partition coefficient (Wildman–Crippen LogP) is 2.48. The lowest BCUT2D eigenvalue weighted by atomic mass is 9.93. The molecule has 0 unspecified atom stereocenters. The quantitative estimate of drug-likeness (QED) is 0.932. The van der Waals surface area contributed by atoms with Gasteiger partial charge in [0.15, 0.2) is 0 Å². The molecule has 112 valence electrons. The van der Waals surface area contributed by atoms with E-state index in [4.69, 9.17) is 14.0 Å². The number of aromatic nitrogens is 2. The molecule has 21 heavy (non-hydrogen) atoms. The number of ether oxygens (including phenoxy) is 2. The van der Waals surface area contributed by atoms with Gasteiger partial charge in [-0.3, -0.25) is 0 Å². The van der Waals surface area contributed by atoms with Crippen molar-refractivity contribution in [2.45, 2.75) is 25.4 Å². The van der Waals surface area contributed by atoms with E-state index in [0.717, 1.165) is 0 Å². The molecular formula is C15H18N2O4. The summed E-state index contributed by atoms with van der Waals surface area (Å²) in [4.78, 5) is 4.47. The van der Waals surface area contributed by atoms with Crippen LogP contribution in [0.3, 0.4) is 0 Å². The second-order valence-corrected chi connectivity index (χ2v) is 5.01.